The molecule has 0 radical (unpaired) electrons. The second kappa shape index (κ2) is 9.03. The van der Waals surface area contributed by atoms with Gasteiger partial charge in [-0.3, -0.25) is 9.48 Å². The van der Waals surface area contributed by atoms with Crippen LogP contribution in [0, 0.1) is 6.92 Å². The van der Waals surface area contributed by atoms with Crippen molar-refractivity contribution in [2.75, 3.05) is 20.2 Å². The van der Waals surface area contributed by atoms with E-state index in [1.165, 1.54) is 0 Å². The third-order valence-electron chi connectivity index (χ3n) is 4.44. The molecule has 5 nitrogen and oxygen atoms in total. The van der Waals surface area contributed by atoms with E-state index in [-0.39, 0.29) is 5.91 Å². The van der Waals surface area contributed by atoms with Gasteiger partial charge < -0.3 is 9.64 Å². The minimum absolute atomic E-state index is 0.0246. The van der Waals surface area contributed by atoms with Gasteiger partial charge in [0.15, 0.2) is 0 Å². The van der Waals surface area contributed by atoms with Crippen molar-refractivity contribution in [3.8, 4) is 5.75 Å². The topological polar surface area (TPSA) is 47.4 Å². The average molecular weight is 363 g/mol. The van der Waals surface area contributed by atoms with Crippen LogP contribution in [0.4, 0.5) is 0 Å². The van der Waals surface area contributed by atoms with Gasteiger partial charge in [-0.25, -0.2) is 0 Å². The van der Waals surface area contributed by atoms with Crippen LogP contribution in [0.3, 0.4) is 0 Å². The second-order valence-corrected chi connectivity index (χ2v) is 6.59. The van der Waals surface area contributed by atoms with Gasteiger partial charge in [0, 0.05) is 31.5 Å². The van der Waals surface area contributed by atoms with Gasteiger partial charge >= 0.3 is 0 Å². The highest BCUT2D eigenvalue weighted by Gasteiger charge is 2.11. The zero-order chi connectivity index (χ0) is 19.1. The molecule has 140 valence electrons. The van der Waals surface area contributed by atoms with Crippen LogP contribution >= 0.6 is 0 Å². The maximum atomic E-state index is 12.6. The van der Waals surface area contributed by atoms with Gasteiger partial charge in [-0.05, 0) is 48.7 Å². The molecule has 0 aliphatic rings. The lowest BCUT2D eigenvalue weighted by Crippen LogP contribution is -2.28. The lowest BCUT2D eigenvalue weighted by Gasteiger charge is -2.18. The molecule has 0 saturated carbocycles. The van der Waals surface area contributed by atoms with Crippen molar-refractivity contribution in [1.82, 2.24) is 14.7 Å². The lowest BCUT2D eigenvalue weighted by molar-refractivity contribution is 0.0788. The summed E-state index contributed by atoms with van der Waals surface area (Å²) < 4.78 is 7.65. The number of para-hydroxylation sites is 1. The van der Waals surface area contributed by atoms with Crippen LogP contribution in [0.15, 0.2) is 67.0 Å². The number of benzene rings is 2. The SMILES string of the molecule is Cc1ccccc1OCCCN(C)C(=O)c1ccc(Cn2cccn2)cc1. The van der Waals surface area contributed by atoms with Gasteiger partial charge in [0.2, 0.25) is 0 Å². The zero-order valence-electron chi connectivity index (χ0n) is 15.8. The number of ether oxygens (including phenoxy) is 1. The van der Waals surface area contributed by atoms with E-state index < -0.39 is 0 Å². The first-order valence-corrected chi connectivity index (χ1v) is 9.14. The highest BCUT2D eigenvalue weighted by atomic mass is 16.5. The summed E-state index contributed by atoms with van der Waals surface area (Å²) in [7, 11) is 1.83. The predicted molar refractivity (Wildman–Crippen MR) is 106 cm³/mol. The number of rotatable bonds is 8. The summed E-state index contributed by atoms with van der Waals surface area (Å²) in [5.74, 6) is 0.927. The van der Waals surface area contributed by atoms with Crippen LogP contribution in [0.25, 0.3) is 0 Å². The summed E-state index contributed by atoms with van der Waals surface area (Å²) in [6.45, 7) is 3.97. The van der Waals surface area contributed by atoms with E-state index in [9.17, 15) is 4.79 Å². The summed E-state index contributed by atoms with van der Waals surface area (Å²) in [4.78, 5) is 14.3. The standard InChI is InChI=1S/C22H25N3O2/c1-18-7-3-4-8-21(18)27-16-6-14-24(2)22(26)20-11-9-19(10-12-20)17-25-15-5-13-23-25/h3-5,7-13,15H,6,14,16-17H2,1-2H3. The van der Waals surface area contributed by atoms with Crippen molar-refractivity contribution in [2.24, 2.45) is 0 Å². The van der Waals surface area contributed by atoms with Crippen LogP contribution in [0.1, 0.15) is 27.9 Å². The molecule has 3 aromatic rings. The summed E-state index contributed by atoms with van der Waals surface area (Å²) in [5.41, 5.74) is 2.93. The smallest absolute Gasteiger partial charge is 0.253 e. The Morgan fingerprint density at radius 1 is 1.11 bits per heavy atom. The molecule has 0 atom stereocenters. The molecule has 0 aliphatic carbocycles. The Balaban J connectivity index is 1.46. The Hall–Kier alpha value is -3.08. The Bertz CT molecular complexity index is 858. The summed E-state index contributed by atoms with van der Waals surface area (Å²) in [5, 5.41) is 4.20. The van der Waals surface area contributed by atoms with Gasteiger partial charge in [0.1, 0.15) is 5.75 Å². The number of amides is 1. The van der Waals surface area contributed by atoms with E-state index >= 15 is 0 Å². The molecule has 0 saturated heterocycles. The molecular weight excluding hydrogens is 338 g/mol. The molecule has 0 aliphatic heterocycles. The first-order valence-electron chi connectivity index (χ1n) is 9.14. The van der Waals surface area contributed by atoms with E-state index in [1.807, 2.05) is 79.4 Å². The molecule has 5 heteroatoms. The molecule has 0 bridgehead atoms. The summed E-state index contributed by atoms with van der Waals surface area (Å²) in [6, 6.07) is 17.6. The highest BCUT2D eigenvalue weighted by molar-refractivity contribution is 5.94. The summed E-state index contributed by atoms with van der Waals surface area (Å²) >= 11 is 0. The van der Waals surface area contributed by atoms with E-state index in [0.717, 1.165) is 23.3 Å². The van der Waals surface area contributed by atoms with Crippen molar-refractivity contribution in [1.29, 1.82) is 0 Å². The van der Waals surface area contributed by atoms with Crippen LogP contribution in [-0.2, 0) is 6.54 Å². The first-order chi connectivity index (χ1) is 13.1. The number of carbonyl (C=O) groups is 1. The van der Waals surface area contributed by atoms with E-state index in [4.69, 9.17) is 4.74 Å². The van der Waals surface area contributed by atoms with Crippen LogP contribution in [-0.4, -0.2) is 40.8 Å². The van der Waals surface area contributed by atoms with Crippen molar-refractivity contribution < 1.29 is 9.53 Å². The van der Waals surface area contributed by atoms with Crippen molar-refractivity contribution in [3.63, 3.8) is 0 Å². The van der Waals surface area contributed by atoms with Gasteiger partial charge in [-0.2, -0.15) is 5.10 Å². The van der Waals surface area contributed by atoms with E-state index in [0.29, 0.717) is 25.3 Å². The Kier molecular flexibility index (Phi) is 6.26. The molecule has 1 aromatic heterocycles. The third-order valence-corrected chi connectivity index (χ3v) is 4.44. The molecule has 2 aromatic carbocycles. The average Bonchev–Trinajstić information content (AvgIpc) is 3.19. The highest BCUT2D eigenvalue weighted by Crippen LogP contribution is 2.16. The number of aryl methyl sites for hydroxylation is 1. The molecule has 0 spiro atoms. The molecule has 0 N–H and O–H groups in total. The quantitative estimate of drug-likeness (QED) is 0.572. The van der Waals surface area contributed by atoms with Crippen LogP contribution in [0.5, 0.6) is 5.75 Å². The zero-order valence-corrected chi connectivity index (χ0v) is 15.8. The normalized spacial score (nSPS) is 10.6. The minimum Gasteiger partial charge on any atom is -0.493 e. The predicted octanol–water partition coefficient (Wildman–Crippen LogP) is 3.78. The van der Waals surface area contributed by atoms with Crippen molar-refractivity contribution in [3.05, 3.63) is 83.7 Å². The number of nitrogens with zero attached hydrogens (tertiary/aromatic N) is 3. The molecule has 1 heterocycles. The Morgan fingerprint density at radius 2 is 1.89 bits per heavy atom. The molecular formula is C22H25N3O2. The van der Waals surface area contributed by atoms with Gasteiger partial charge in [0.05, 0.1) is 13.2 Å². The second-order valence-electron chi connectivity index (χ2n) is 6.59. The van der Waals surface area contributed by atoms with Crippen LogP contribution < -0.4 is 4.74 Å². The summed E-state index contributed by atoms with van der Waals surface area (Å²) in [6.07, 6.45) is 4.47. The maximum Gasteiger partial charge on any atom is 0.253 e. The number of carbonyl (C=O) groups excluding carboxylic acids is 1. The molecule has 0 fully saturated rings. The van der Waals surface area contributed by atoms with Gasteiger partial charge in [-0.15, -0.1) is 0 Å². The fourth-order valence-corrected chi connectivity index (χ4v) is 2.86. The Labute approximate surface area is 160 Å². The minimum atomic E-state index is 0.0246. The number of hydrogen-bond donors (Lipinski definition) is 0. The maximum absolute atomic E-state index is 12.6. The van der Waals surface area contributed by atoms with Crippen molar-refractivity contribution >= 4 is 5.91 Å². The molecule has 0 unspecified atom stereocenters. The number of hydrogen-bond acceptors (Lipinski definition) is 3. The molecule has 3 rings (SSSR count). The monoisotopic (exact) mass is 363 g/mol. The van der Waals surface area contributed by atoms with E-state index in [2.05, 4.69) is 5.10 Å². The fraction of sp³-hybridized carbons (Fsp3) is 0.273. The fourth-order valence-electron chi connectivity index (χ4n) is 2.86. The van der Waals surface area contributed by atoms with Crippen molar-refractivity contribution in [2.45, 2.75) is 19.9 Å². The number of aromatic nitrogens is 2. The first kappa shape index (κ1) is 18.7. The van der Waals surface area contributed by atoms with Gasteiger partial charge in [-0.1, -0.05) is 30.3 Å². The van der Waals surface area contributed by atoms with E-state index in [1.54, 1.807) is 11.1 Å². The largest absolute Gasteiger partial charge is 0.493 e. The molecule has 1 amide bonds. The third kappa shape index (κ3) is 5.20. The lowest BCUT2D eigenvalue weighted by atomic mass is 10.1. The van der Waals surface area contributed by atoms with Gasteiger partial charge in [0.25, 0.3) is 5.91 Å². The Morgan fingerprint density at radius 3 is 2.59 bits per heavy atom. The van der Waals surface area contributed by atoms with Crippen LogP contribution in [0.2, 0.25) is 0 Å². The molecule has 27 heavy (non-hydrogen) atoms.